The van der Waals surface area contributed by atoms with Crippen LogP contribution >= 0.6 is 27.7 Å². The first-order chi connectivity index (χ1) is 5.88. The second kappa shape index (κ2) is 3.70. The average Bonchev–Trinajstić information content (AvgIpc) is 2.53. The minimum atomic E-state index is 0.898. The van der Waals surface area contributed by atoms with Crippen LogP contribution in [0.15, 0.2) is 4.60 Å². The van der Waals surface area contributed by atoms with Crippen molar-refractivity contribution in [2.24, 2.45) is 0 Å². The van der Waals surface area contributed by atoms with E-state index in [0.717, 1.165) is 23.5 Å². The molecule has 1 saturated heterocycles. The fraction of sp³-hybridized carbons (Fsp3) is 0.714. The van der Waals surface area contributed by atoms with Gasteiger partial charge in [0.25, 0.3) is 0 Å². The number of piperidine rings is 1. The van der Waals surface area contributed by atoms with E-state index in [2.05, 4.69) is 29.6 Å². The highest BCUT2D eigenvalue weighted by Gasteiger charge is 2.16. The molecule has 2 rings (SSSR count). The van der Waals surface area contributed by atoms with Crippen LogP contribution in [-0.4, -0.2) is 21.8 Å². The highest BCUT2D eigenvalue weighted by molar-refractivity contribution is 9.10. The predicted octanol–water partition coefficient (Wildman–Crippen LogP) is 2.29. The summed E-state index contributed by atoms with van der Waals surface area (Å²) in [7, 11) is 0. The molecule has 1 aromatic heterocycles. The van der Waals surface area contributed by atoms with Crippen LogP contribution in [0.25, 0.3) is 0 Å². The molecule has 3 nitrogen and oxygen atoms in total. The first-order valence-electron chi connectivity index (χ1n) is 4.11. The number of nitrogens with zero attached hydrogens (tertiary/aromatic N) is 3. The quantitative estimate of drug-likeness (QED) is 0.763. The van der Waals surface area contributed by atoms with Gasteiger partial charge < -0.3 is 4.90 Å². The van der Waals surface area contributed by atoms with Crippen molar-refractivity contribution >= 4 is 33.5 Å². The summed E-state index contributed by atoms with van der Waals surface area (Å²) < 4.78 is 9.24. The maximum absolute atomic E-state index is 4.25. The molecule has 66 valence electrons. The number of hydrogen-bond acceptors (Lipinski definition) is 4. The molecule has 1 aromatic rings. The SMILES string of the molecule is Brc1nsnc1N1CCCCC1. The maximum Gasteiger partial charge on any atom is 0.177 e. The molecule has 0 radical (unpaired) electrons. The van der Waals surface area contributed by atoms with Crippen LogP contribution in [0.1, 0.15) is 19.3 Å². The van der Waals surface area contributed by atoms with Crippen LogP contribution in [0.2, 0.25) is 0 Å². The Morgan fingerprint density at radius 3 is 2.50 bits per heavy atom. The summed E-state index contributed by atoms with van der Waals surface area (Å²) in [4.78, 5) is 2.30. The molecule has 2 heterocycles. The van der Waals surface area contributed by atoms with Gasteiger partial charge in [0.2, 0.25) is 0 Å². The van der Waals surface area contributed by atoms with Crippen molar-refractivity contribution in [2.75, 3.05) is 18.0 Å². The minimum Gasteiger partial charge on any atom is -0.353 e. The van der Waals surface area contributed by atoms with E-state index in [1.54, 1.807) is 0 Å². The number of anilines is 1. The van der Waals surface area contributed by atoms with Gasteiger partial charge in [-0.15, -0.1) is 0 Å². The Morgan fingerprint density at radius 1 is 1.17 bits per heavy atom. The Bertz CT molecular complexity index is 257. The normalized spacial score (nSPS) is 18.2. The molecule has 12 heavy (non-hydrogen) atoms. The summed E-state index contributed by atoms with van der Waals surface area (Å²) in [5.74, 6) is 1.03. The van der Waals surface area contributed by atoms with Gasteiger partial charge in [0, 0.05) is 13.1 Å². The third kappa shape index (κ3) is 1.61. The van der Waals surface area contributed by atoms with E-state index < -0.39 is 0 Å². The van der Waals surface area contributed by atoms with Gasteiger partial charge in [-0.05, 0) is 35.2 Å². The van der Waals surface area contributed by atoms with Crippen molar-refractivity contribution in [3.8, 4) is 0 Å². The topological polar surface area (TPSA) is 29.0 Å². The minimum absolute atomic E-state index is 0.898. The van der Waals surface area contributed by atoms with Gasteiger partial charge in [0.15, 0.2) is 10.4 Å². The van der Waals surface area contributed by atoms with Crippen molar-refractivity contribution in [1.82, 2.24) is 8.75 Å². The molecular weight excluding hydrogens is 238 g/mol. The molecule has 5 heteroatoms. The Balaban J connectivity index is 2.13. The van der Waals surface area contributed by atoms with Gasteiger partial charge in [-0.3, -0.25) is 0 Å². The van der Waals surface area contributed by atoms with Gasteiger partial charge in [-0.2, -0.15) is 8.75 Å². The Kier molecular flexibility index (Phi) is 2.60. The third-order valence-electron chi connectivity index (χ3n) is 2.09. The lowest BCUT2D eigenvalue weighted by Gasteiger charge is -2.26. The van der Waals surface area contributed by atoms with Crippen LogP contribution < -0.4 is 4.90 Å². The van der Waals surface area contributed by atoms with Gasteiger partial charge in [-0.1, -0.05) is 0 Å². The van der Waals surface area contributed by atoms with E-state index in [0.29, 0.717) is 0 Å². The lowest BCUT2D eigenvalue weighted by Crippen LogP contribution is -2.29. The lowest BCUT2D eigenvalue weighted by molar-refractivity contribution is 0.574. The first-order valence-corrected chi connectivity index (χ1v) is 5.63. The molecule has 1 aliphatic heterocycles. The van der Waals surface area contributed by atoms with Crippen molar-refractivity contribution < 1.29 is 0 Å². The van der Waals surface area contributed by atoms with E-state index in [1.165, 1.54) is 31.0 Å². The van der Waals surface area contributed by atoms with Crippen molar-refractivity contribution in [2.45, 2.75) is 19.3 Å². The van der Waals surface area contributed by atoms with E-state index >= 15 is 0 Å². The summed E-state index contributed by atoms with van der Waals surface area (Å²) in [6, 6.07) is 0. The van der Waals surface area contributed by atoms with Crippen LogP contribution in [0, 0.1) is 0 Å². The molecule has 0 spiro atoms. The molecule has 0 atom stereocenters. The summed E-state index contributed by atoms with van der Waals surface area (Å²) >= 11 is 4.67. The molecule has 0 aromatic carbocycles. The molecular formula is C7H10BrN3S. The van der Waals surface area contributed by atoms with Crippen LogP contribution in [0.4, 0.5) is 5.82 Å². The molecule has 0 N–H and O–H groups in total. The fourth-order valence-electron chi connectivity index (χ4n) is 1.47. The molecule has 0 amide bonds. The maximum atomic E-state index is 4.25. The van der Waals surface area contributed by atoms with Crippen molar-refractivity contribution in [3.05, 3.63) is 4.60 Å². The fourth-order valence-corrected chi connectivity index (χ4v) is 2.59. The molecule has 0 aliphatic carbocycles. The average molecular weight is 248 g/mol. The highest BCUT2D eigenvalue weighted by atomic mass is 79.9. The van der Waals surface area contributed by atoms with Gasteiger partial charge >= 0.3 is 0 Å². The monoisotopic (exact) mass is 247 g/mol. The van der Waals surface area contributed by atoms with Gasteiger partial charge in [-0.25, -0.2) is 0 Å². The zero-order valence-electron chi connectivity index (χ0n) is 6.66. The zero-order valence-corrected chi connectivity index (χ0v) is 9.07. The van der Waals surface area contributed by atoms with E-state index in [4.69, 9.17) is 0 Å². The molecule has 0 unspecified atom stereocenters. The predicted molar refractivity (Wildman–Crippen MR) is 53.7 cm³/mol. The zero-order chi connectivity index (χ0) is 8.39. The van der Waals surface area contributed by atoms with Gasteiger partial charge in [0.1, 0.15) is 0 Å². The highest BCUT2D eigenvalue weighted by Crippen LogP contribution is 2.25. The van der Waals surface area contributed by atoms with E-state index in [1.807, 2.05) is 0 Å². The summed E-state index contributed by atoms with van der Waals surface area (Å²) in [6.45, 7) is 2.26. The smallest absolute Gasteiger partial charge is 0.177 e. The number of halogens is 1. The second-order valence-corrected chi connectivity index (χ2v) is 4.21. The Hall–Kier alpha value is -0.160. The number of aromatic nitrogens is 2. The summed E-state index contributed by atoms with van der Waals surface area (Å²) in [6.07, 6.45) is 3.92. The molecule has 1 fully saturated rings. The van der Waals surface area contributed by atoms with Crippen LogP contribution in [0.5, 0.6) is 0 Å². The molecule has 1 aliphatic rings. The lowest BCUT2D eigenvalue weighted by atomic mass is 10.1. The van der Waals surface area contributed by atoms with E-state index in [9.17, 15) is 0 Å². The molecule has 0 bridgehead atoms. The van der Waals surface area contributed by atoms with Gasteiger partial charge in [0.05, 0.1) is 11.7 Å². The Morgan fingerprint density at radius 2 is 1.92 bits per heavy atom. The standard InChI is InChI=1S/C7H10BrN3S/c8-6-7(10-12-9-6)11-4-2-1-3-5-11/h1-5H2. The van der Waals surface area contributed by atoms with Crippen molar-refractivity contribution in [3.63, 3.8) is 0 Å². The third-order valence-corrected chi connectivity index (χ3v) is 3.37. The first kappa shape index (κ1) is 8.44. The molecule has 0 saturated carbocycles. The summed E-state index contributed by atoms with van der Waals surface area (Å²) in [5, 5.41) is 0. The van der Waals surface area contributed by atoms with Crippen LogP contribution in [0.3, 0.4) is 0 Å². The largest absolute Gasteiger partial charge is 0.353 e. The number of hydrogen-bond donors (Lipinski definition) is 0. The summed E-state index contributed by atoms with van der Waals surface area (Å²) in [5.41, 5.74) is 0. The van der Waals surface area contributed by atoms with Crippen LogP contribution in [-0.2, 0) is 0 Å². The second-order valence-electron chi connectivity index (χ2n) is 2.93. The number of rotatable bonds is 1. The Labute approximate surface area is 84.2 Å². The van der Waals surface area contributed by atoms with E-state index in [-0.39, 0.29) is 0 Å². The van der Waals surface area contributed by atoms with Crippen molar-refractivity contribution in [1.29, 1.82) is 0 Å².